The fourth-order valence-corrected chi connectivity index (χ4v) is 2.78. The van der Waals surface area contributed by atoms with Crippen molar-refractivity contribution in [3.05, 3.63) is 24.3 Å². The molecule has 0 bridgehead atoms. The van der Waals surface area contributed by atoms with E-state index in [2.05, 4.69) is 9.47 Å². The first kappa shape index (κ1) is 19.0. The second kappa shape index (κ2) is 7.73. The number of ether oxygens (including phenoxy) is 2. The minimum absolute atomic E-state index is 0.280. The fourth-order valence-electron chi connectivity index (χ4n) is 2.78. The van der Waals surface area contributed by atoms with Gasteiger partial charge in [-0.2, -0.15) is 0 Å². The highest BCUT2D eigenvalue weighted by Crippen LogP contribution is 2.26. The maximum absolute atomic E-state index is 12.2. The van der Waals surface area contributed by atoms with Crippen LogP contribution in [0.1, 0.15) is 6.92 Å². The number of piperazine rings is 1. The second-order valence-corrected chi connectivity index (χ2v) is 5.60. The molecule has 1 heterocycles. The summed E-state index contributed by atoms with van der Waals surface area (Å²) in [5.74, 6) is -1.15. The summed E-state index contributed by atoms with van der Waals surface area (Å²) in [5, 5.41) is 0. The number of esters is 1. The maximum Gasteiger partial charge on any atom is 0.573 e. The van der Waals surface area contributed by atoms with Gasteiger partial charge in [0.05, 0.1) is 7.11 Å². The molecule has 0 aliphatic carbocycles. The lowest BCUT2D eigenvalue weighted by Gasteiger charge is -2.38. The first-order valence-electron chi connectivity index (χ1n) is 7.64. The molecule has 1 atom stereocenters. The largest absolute Gasteiger partial charge is 0.573 e. The van der Waals surface area contributed by atoms with Gasteiger partial charge in [0.15, 0.2) is 11.8 Å². The van der Waals surface area contributed by atoms with Gasteiger partial charge in [-0.25, -0.2) is 4.79 Å². The third-order valence-corrected chi connectivity index (χ3v) is 3.92. The summed E-state index contributed by atoms with van der Waals surface area (Å²) in [6.45, 7) is 3.31. The predicted molar refractivity (Wildman–Crippen MR) is 83.4 cm³/mol. The van der Waals surface area contributed by atoms with Crippen LogP contribution in [0.3, 0.4) is 0 Å². The molecule has 9 heteroatoms. The van der Waals surface area contributed by atoms with Crippen LogP contribution in [0.15, 0.2) is 24.3 Å². The molecule has 1 aromatic rings. The summed E-state index contributed by atoms with van der Waals surface area (Å²) in [7, 11) is 1.24. The van der Waals surface area contributed by atoms with E-state index < -0.39 is 18.4 Å². The van der Waals surface area contributed by atoms with Gasteiger partial charge in [0.2, 0.25) is 0 Å². The van der Waals surface area contributed by atoms with E-state index in [0.717, 1.165) is 5.69 Å². The van der Waals surface area contributed by atoms with E-state index in [4.69, 9.17) is 0 Å². The van der Waals surface area contributed by atoms with Crippen LogP contribution in [0, 0.1) is 0 Å². The molecule has 0 N–H and O–H groups in total. The molecular weight excluding hydrogens is 341 g/mol. The zero-order chi connectivity index (χ0) is 18.6. The van der Waals surface area contributed by atoms with Crippen molar-refractivity contribution >= 4 is 17.4 Å². The minimum Gasteiger partial charge on any atom is -0.468 e. The van der Waals surface area contributed by atoms with Crippen LogP contribution in [0.4, 0.5) is 18.9 Å². The molecule has 0 amide bonds. The standard InChI is InChI=1S/C16H19F3N2O4/c1-11(22)14(15(23)24-2)21-9-7-20(8-10-21)12-3-5-13(6-4-12)25-16(17,18)19/h3-6,14H,7-10H2,1-2H3. The monoisotopic (exact) mass is 360 g/mol. The maximum atomic E-state index is 12.2. The molecule has 138 valence electrons. The number of hydrogen-bond acceptors (Lipinski definition) is 6. The average Bonchev–Trinajstić information content (AvgIpc) is 2.54. The molecule has 2 rings (SSSR count). The van der Waals surface area contributed by atoms with Crippen molar-refractivity contribution in [1.82, 2.24) is 4.90 Å². The van der Waals surface area contributed by atoms with Gasteiger partial charge in [-0.1, -0.05) is 0 Å². The second-order valence-electron chi connectivity index (χ2n) is 5.60. The Morgan fingerprint density at radius 1 is 1.08 bits per heavy atom. The lowest BCUT2D eigenvalue weighted by atomic mass is 10.1. The molecule has 0 spiro atoms. The SMILES string of the molecule is COC(=O)C(C(C)=O)N1CCN(c2ccc(OC(F)(F)F)cc2)CC1. The molecule has 1 fully saturated rings. The number of ketones is 1. The average molecular weight is 360 g/mol. The summed E-state index contributed by atoms with van der Waals surface area (Å²) in [6, 6.07) is 4.66. The van der Waals surface area contributed by atoms with E-state index in [1.165, 1.54) is 26.2 Å². The van der Waals surface area contributed by atoms with E-state index in [1.54, 1.807) is 17.0 Å². The van der Waals surface area contributed by atoms with Crippen molar-refractivity contribution in [2.24, 2.45) is 0 Å². The van der Waals surface area contributed by atoms with Crippen LogP contribution < -0.4 is 9.64 Å². The van der Waals surface area contributed by atoms with Crippen molar-refractivity contribution in [2.75, 3.05) is 38.2 Å². The van der Waals surface area contributed by atoms with Crippen LogP contribution >= 0.6 is 0 Å². The molecule has 0 aromatic heterocycles. The fraction of sp³-hybridized carbons (Fsp3) is 0.500. The Hall–Kier alpha value is -2.29. The zero-order valence-corrected chi connectivity index (χ0v) is 13.9. The van der Waals surface area contributed by atoms with Gasteiger partial charge in [-0.3, -0.25) is 9.69 Å². The highest BCUT2D eigenvalue weighted by molar-refractivity contribution is 6.01. The molecule has 1 aliphatic heterocycles. The normalized spacial score (nSPS) is 17.1. The van der Waals surface area contributed by atoms with Gasteiger partial charge in [0.25, 0.3) is 0 Å². The number of alkyl halides is 3. The van der Waals surface area contributed by atoms with Crippen LogP contribution in [0.2, 0.25) is 0 Å². The molecule has 0 radical (unpaired) electrons. The number of methoxy groups -OCH3 is 1. The number of halogens is 3. The molecule has 25 heavy (non-hydrogen) atoms. The van der Waals surface area contributed by atoms with Gasteiger partial charge in [0.1, 0.15) is 5.75 Å². The Kier molecular flexibility index (Phi) is 5.89. The van der Waals surface area contributed by atoms with Crippen LogP contribution in [-0.4, -0.2) is 62.3 Å². The molecule has 1 unspecified atom stereocenters. The summed E-state index contributed by atoms with van der Waals surface area (Å²) >= 11 is 0. The number of benzene rings is 1. The number of anilines is 1. The zero-order valence-electron chi connectivity index (χ0n) is 13.9. The number of carbonyl (C=O) groups excluding carboxylic acids is 2. The quantitative estimate of drug-likeness (QED) is 0.590. The Bertz CT molecular complexity index is 611. The Morgan fingerprint density at radius 3 is 2.08 bits per heavy atom. The number of hydrogen-bond donors (Lipinski definition) is 0. The van der Waals surface area contributed by atoms with Crippen molar-refractivity contribution < 1.29 is 32.2 Å². The summed E-state index contributed by atoms with van der Waals surface area (Å²) in [5.41, 5.74) is 0.742. The van der Waals surface area contributed by atoms with Gasteiger partial charge in [-0.15, -0.1) is 13.2 Å². The topological polar surface area (TPSA) is 59.1 Å². The predicted octanol–water partition coefficient (Wildman–Crippen LogP) is 1.84. The third-order valence-electron chi connectivity index (χ3n) is 3.92. The van der Waals surface area contributed by atoms with Gasteiger partial charge in [0, 0.05) is 31.9 Å². The van der Waals surface area contributed by atoms with Crippen molar-refractivity contribution in [3.8, 4) is 5.75 Å². The highest BCUT2D eigenvalue weighted by Gasteiger charge is 2.33. The molecule has 1 saturated heterocycles. The minimum atomic E-state index is -4.72. The molecule has 1 aromatic carbocycles. The summed E-state index contributed by atoms with van der Waals surface area (Å²) < 4.78 is 45.0. The van der Waals surface area contributed by atoms with E-state index in [9.17, 15) is 22.8 Å². The number of Topliss-reactive ketones (excluding diaryl/α,β-unsaturated/α-hetero) is 1. The molecule has 0 saturated carbocycles. The highest BCUT2D eigenvalue weighted by atomic mass is 19.4. The van der Waals surface area contributed by atoms with Crippen molar-refractivity contribution in [3.63, 3.8) is 0 Å². The smallest absolute Gasteiger partial charge is 0.468 e. The third kappa shape index (κ3) is 5.09. The number of rotatable bonds is 5. The van der Waals surface area contributed by atoms with E-state index >= 15 is 0 Å². The van der Waals surface area contributed by atoms with Crippen LogP contribution in [-0.2, 0) is 14.3 Å². The first-order chi connectivity index (χ1) is 11.7. The Balaban J connectivity index is 1.97. The Labute approximate surface area is 143 Å². The molecular formula is C16H19F3N2O4. The van der Waals surface area contributed by atoms with E-state index in [1.807, 2.05) is 4.90 Å². The summed E-state index contributed by atoms with van der Waals surface area (Å²) in [6.07, 6.45) is -4.72. The van der Waals surface area contributed by atoms with Crippen molar-refractivity contribution in [2.45, 2.75) is 19.3 Å². The Morgan fingerprint density at radius 2 is 1.64 bits per heavy atom. The summed E-state index contributed by atoms with van der Waals surface area (Å²) in [4.78, 5) is 27.1. The lowest BCUT2D eigenvalue weighted by Crippen LogP contribution is -2.55. The van der Waals surface area contributed by atoms with Crippen LogP contribution in [0.5, 0.6) is 5.75 Å². The van der Waals surface area contributed by atoms with Crippen molar-refractivity contribution in [1.29, 1.82) is 0 Å². The van der Waals surface area contributed by atoms with Gasteiger partial charge < -0.3 is 14.4 Å². The number of nitrogens with zero attached hydrogens (tertiary/aromatic N) is 2. The van der Waals surface area contributed by atoms with E-state index in [0.29, 0.717) is 26.2 Å². The van der Waals surface area contributed by atoms with Gasteiger partial charge >= 0.3 is 12.3 Å². The lowest BCUT2D eigenvalue weighted by molar-refractivity contribution is -0.274. The first-order valence-corrected chi connectivity index (χ1v) is 7.64. The van der Waals surface area contributed by atoms with Gasteiger partial charge in [-0.05, 0) is 31.2 Å². The van der Waals surface area contributed by atoms with Crippen LogP contribution in [0.25, 0.3) is 0 Å². The number of carbonyl (C=O) groups is 2. The van der Waals surface area contributed by atoms with E-state index in [-0.39, 0.29) is 11.5 Å². The molecule has 6 nitrogen and oxygen atoms in total. The molecule has 1 aliphatic rings.